The second kappa shape index (κ2) is 4.26. The minimum atomic E-state index is -0.184. The van der Waals surface area contributed by atoms with E-state index in [-0.39, 0.29) is 10.2 Å². The topological polar surface area (TPSA) is 17.1 Å². The van der Waals surface area contributed by atoms with Crippen molar-refractivity contribution in [2.24, 2.45) is 0 Å². The van der Waals surface area contributed by atoms with Crippen LogP contribution >= 0.6 is 15.9 Å². The van der Waals surface area contributed by atoms with Crippen LogP contribution in [-0.2, 0) is 10.2 Å². The molecule has 0 saturated heterocycles. The molecule has 0 aliphatic rings. The second-order valence-corrected chi connectivity index (χ2v) is 5.40. The molecule has 0 fully saturated rings. The van der Waals surface area contributed by atoms with E-state index in [0.717, 1.165) is 11.8 Å². The van der Waals surface area contributed by atoms with Crippen molar-refractivity contribution < 1.29 is 4.79 Å². The maximum Gasteiger partial charge on any atom is 0.138 e. The van der Waals surface area contributed by atoms with E-state index in [2.05, 4.69) is 48.8 Å². The van der Waals surface area contributed by atoms with Crippen molar-refractivity contribution in [1.82, 2.24) is 0 Å². The van der Waals surface area contributed by atoms with Crippen LogP contribution in [0.5, 0.6) is 0 Å². The molecule has 1 nitrogen and oxygen atoms in total. The minimum absolute atomic E-state index is 0.168. The van der Waals surface area contributed by atoms with Gasteiger partial charge >= 0.3 is 0 Å². The number of rotatable bonds is 2. The van der Waals surface area contributed by atoms with Gasteiger partial charge in [-0.1, -0.05) is 61.0 Å². The third-order valence-electron chi connectivity index (χ3n) is 2.21. The van der Waals surface area contributed by atoms with Crippen molar-refractivity contribution in [2.75, 3.05) is 0 Å². The molecule has 0 bridgehead atoms. The first-order chi connectivity index (χ1) is 6.45. The second-order valence-electron chi connectivity index (χ2n) is 4.41. The maximum absolute atomic E-state index is 10.5. The Balaban J connectivity index is 2.95. The Bertz CT molecular complexity index is 308. The Morgan fingerprint density at radius 1 is 1.21 bits per heavy atom. The number of halogens is 1. The zero-order chi connectivity index (χ0) is 10.8. The minimum Gasteiger partial charge on any atom is -0.302 e. The number of carbonyl (C=O) groups excluding carboxylic acids is 1. The summed E-state index contributed by atoms with van der Waals surface area (Å²) in [5, 5.41) is 0. The lowest BCUT2D eigenvalue weighted by Crippen LogP contribution is -2.10. The van der Waals surface area contributed by atoms with Gasteiger partial charge in [0.2, 0.25) is 0 Å². The van der Waals surface area contributed by atoms with Gasteiger partial charge < -0.3 is 4.79 Å². The predicted molar refractivity (Wildman–Crippen MR) is 62.9 cm³/mol. The summed E-state index contributed by atoms with van der Waals surface area (Å²) in [5.74, 6) is 0. The molecule has 0 aromatic heterocycles. The van der Waals surface area contributed by atoms with Gasteiger partial charge in [0.25, 0.3) is 0 Å². The Morgan fingerprint density at radius 3 is 2.07 bits per heavy atom. The molecule has 14 heavy (non-hydrogen) atoms. The molecule has 0 saturated carbocycles. The molecule has 1 atom stereocenters. The van der Waals surface area contributed by atoms with Crippen LogP contribution in [0.4, 0.5) is 0 Å². The van der Waals surface area contributed by atoms with E-state index in [4.69, 9.17) is 0 Å². The molecule has 0 aliphatic carbocycles. The molecule has 1 unspecified atom stereocenters. The van der Waals surface area contributed by atoms with Crippen LogP contribution < -0.4 is 0 Å². The third-order valence-corrected chi connectivity index (χ3v) is 2.96. The van der Waals surface area contributed by atoms with Crippen molar-refractivity contribution in [2.45, 2.75) is 31.0 Å². The SMILES string of the molecule is CC(C)(C)c1ccc(C(Br)C=O)cc1. The summed E-state index contributed by atoms with van der Waals surface area (Å²) in [6.07, 6.45) is 0.895. The zero-order valence-corrected chi connectivity index (χ0v) is 10.3. The Kier molecular flexibility index (Phi) is 3.48. The fraction of sp³-hybridized carbons (Fsp3) is 0.417. The number of hydrogen-bond acceptors (Lipinski definition) is 1. The summed E-state index contributed by atoms with van der Waals surface area (Å²) in [6.45, 7) is 6.52. The van der Waals surface area contributed by atoms with E-state index in [1.165, 1.54) is 5.56 Å². The molecular formula is C12H15BrO. The molecule has 0 heterocycles. The molecule has 1 rings (SSSR count). The number of alkyl halides is 1. The fourth-order valence-electron chi connectivity index (χ4n) is 1.25. The average Bonchev–Trinajstić information content (AvgIpc) is 2.15. The van der Waals surface area contributed by atoms with Crippen LogP contribution in [0.15, 0.2) is 24.3 Å². The highest BCUT2D eigenvalue weighted by molar-refractivity contribution is 9.09. The lowest BCUT2D eigenvalue weighted by Gasteiger charge is -2.19. The van der Waals surface area contributed by atoms with Crippen LogP contribution in [-0.4, -0.2) is 6.29 Å². The van der Waals surface area contributed by atoms with Gasteiger partial charge in [-0.05, 0) is 16.5 Å². The van der Waals surface area contributed by atoms with Crippen LogP contribution in [0, 0.1) is 0 Å². The van der Waals surface area contributed by atoms with Crippen LogP contribution in [0.25, 0.3) is 0 Å². The first-order valence-electron chi connectivity index (χ1n) is 4.65. The Morgan fingerprint density at radius 2 is 1.71 bits per heavy atom. The summed E-state index contributed by atoms with van der Waals surface area (Å²) in [6, 6.07) is 8.14. The Hall–Kier alpha value is -0.630. The molecule has 0 amide bonds. The summed E-state index contributed by atoms with van der Waals surface area (Å²) < 4.78 is 0. The van der Waals surface area contributed by atoms with Crippen molar-refractivity contribution in [3.63, 3.8) is 0 Å². The van der Waals surface area contributed by atoms with Crippen LogP contribution in [0.2, 0.25) is 0 Å². The number of aldehydes is 1. The molecule has 76 valence electrons. The van der Waals surface area contributed by atoms with E-state index in [1.807, 2.05) is 12.1 Å². The standard InChI is InChI=1S/C12H15BrO/c1-12(2,3)10-6-4-9(5-7-10)11(13)8-14/h4-8,11H,1-3H3. The molecule has 0 aliphatic heterocycles. The highest BCUT2D eigenvalue weighted by atomic mass is 79.9. The normalized spacial score (nSPS) is 13.7. The van der Waals surface area contributed by atoms with Crippen LogP contribution in [0.1, 0.15) is 36.7 Å². The fourth-order valence-corrected chi connectivity index (χ4v) is 1.55. The lowest BCUT2D eigenvalue weighted by atomic mass is 9.86. The van der Waals surface area contributed by atoms with Gasteiger partial charge in [0.15, 0.2) is 0 Å². The smallest absolute Gasteiger partial charge is 0.138 e. The molecule has 2 heteroatoms. The molecule has 0 N–H and O–H groups in total. The van der Waals surface area contributed by atoms with Gasteiger partial charge in [-0.3, -0.25) is 0 Å². The first-order valence-corrected chi connectivity index (χ1v) is 5.56. The van der Waals surface area contributed by atoms with Gasteiger partial charge in [0, 0.05) is 0 Å². The largest absolute Gasteiger partial charge is 0.302 e. The van der Waals surface area contributed by atoms with Crippen molar-refractivity contribution in [1.29, 1.82) is 0 Å². The monoisotopic (exact) mass is 254 g/mol. The summed E-state index contributed by atoms with van der Waals surface area (Å²) in [7, 11) is 0. The van der Waals surface area contributed by atoms with Crippen LogP contribution in [0.3, 0.4) is 0 Å². The summed E-state index contributed by atoms with van der Waals surface area (Å²) in [5.41, 5.74) is 2.46. The molecule has 1 aromatic rings. The van der Waals surface area contributed by atoms with Gasteiger partial charge in [0.1, 0.15) is 6.29 Å². The van der Waals surface area contributed by atoms with E-state index in [1.54, 1.807) is 0 Å². The highest BCUT2D eigenvalue weighted by Gasteiger charge is 2.13. The molecular weight excluding hydrogens is 240 g/mol. The van der Waals surface area contributed by atoms with Gasteiger partial charge in [-0.25, -0.2) is 0 Å². The van der Waals surface area contributed by atoms with Crippen molar-refractivity contribution in [3.8, 4) is 0 Å². The van der Waals surface area contributed by atoms with E-state index < -0.39 is 0 Å². The third kappa shape index (κ3) is 2.68. The summed E-state index contributed by atoms with van der Waals surface area (Å²) >= 11 is 3.29. The number of hydrogen-bond donors (Lipinski definition) is 0. The lowest BCUT2D eigenvalue weighted by molar-refractivity contribution is -0.107. The maximum atomic E-state index is 10.5. The molecule has 0 spiro atoms. The van der Waals surface area contributed by atoms with Crippen molar-refractivity contribution >= 4 is 22.2 Å². The summed E-state index contributed by atoms with van der Waals surface area (Å²) in [4.78, 5) is 10.4. The van der Waals surface area contributed by atoms with Gasteiger partial charge in [-0.2, -0.15) is 0 Å². The average molecular weight is 255 g/mol. The number of carbonyl (C=O) groups is 1. The van der Waals surface area contributed by atoms with E-state index in [0.29, 0.717) is 0 Å². The van der Waals surface area contributed by atoms with Gasteiger partial charge in [0.05, 0.1) is 4.83 Å². The predicted octanol–water partition coefficient (Wildman–Crippen LogP) is 3.62. The first kappa shape index (κ1) is 11.4. The molecule has 1 aromatic carbocycles. The molecule has 0 radical (unpaired) electrons. The van der Waals surface area contributed by atoms with Crippen molar-refractivity contribution in [3.05, 3.63) is 35.4 Å². The zero-order valence-electron chi connectivity index (χ0n) is 8.75. The Labute approximate surface area is 93.7 Å². The quantitative estimate of drug-likeness (QED) is 0.582. The van der Waals surface area contributed by atoms with Gasteiger partial charge in [-0.15, -0.1) is 0 Å². The highest BCUT2D eigenvalue weighted by Crippen LogP contribution is 2.25. The number of benzene rings is 1. The van der Waals surface area contributed by atoms with E-state index >= 15 is 0 Å². The van der Waals surface area contributed by atoms with E-state index in [9.17, 15) is 4.79 Å².